The zero-order chi connectivity index (χ0) is 23.6. The summed E-state index contributed by atoms with van der Waals surface area (Å²) in [5.74, 6) is 0.0636. The lowest BCUT2D eigenvalue weighted by molar-refractivity contribution is -0.137. The highest BCUT2D eigenvalue weighted by Gasteiger charge is 2.30. The number of anilines is 1. The molecule has 0 aliphatic rings. The van der Waals surface area contributed by atoms with Gasteiger partial charge in [0.15, 0.2) is 5.82 Å². The molecule has 0 bridgehead atoms. The fourth-order valence-corrected chi connectivity index (χ4v) is 3.66. The molecule has 0 aliphatic carbocycles. The summed E-state index contributed by atoms with van der Waals surface area (Å²) in [6.45, 7) is 3.64. The Balaban J connectivity index is 1.71. The summed E-state index contributed by atoms with van der Waals surface area (Å²) in [5, 5.41) is 9.03. The normalized spacial score (nSPS) is 11.6. The Morgan fingerprint density at radius 1 is 1.09 bits per heavy atom. The summed E-state index contributed by atoms with van der Waals surface area (Å²) in [4.78, 5) is 17.4. The third-order valence-electron chi connectivity index (χ3n) is 4.49. The molecule has 0 unspecified atom stereocenters. The largest absolute Gasteiger partial charge is 0.460 e. The van der Waals surface area contributed by atoms with Gasteiger partial charge < -0.3 is 10.1 Å². The van der Waals surface area contributed by atoms with E-state index in [0.717, 1.165) is 12.1 Å². The molecule has 0 radical (unpaired) electrons. The number of carbonyl (C=O) groups excluding carboxylic acids is 1. The first kappa shape index (κ1) is 22.5. The first-order valence-corrected chi connectivity index (χ1v) is 10.9. The number of carbonyl (C=O) groups is 1. The molecule has 0 fully saturated rings. The van der Waals surface area contributed by atoms with E-state index in [1.54, 1.807) is 36.4 Å². The minimum absolute atomic E-state index is 0.0907. The monoisotopic (exact) mass is 472 g/mol. The van der Waals surface area contributed by atoms with Crippen molar-refractivity contribution in [3.63, 3.8) is 0 Å². The highest BCUT2D eigenvalue weighted by Crippen LogP contribution is 2.32. The van der Waals surface area contributed by atoms with Gasteiger partial charge >= 0.3 is 12.2 Å². The van der Waals surface area contributed by atoms with Gasteiger partial charge in [-0.15, -0.1) is 16.4 Å². The lowest BCUT2D eigenvalue weighted by atomic mass is 10.1. The number of aromatic nitrogens is 3. The van der Waals surface area contributed by atoms with Gasteiger partial charge in [-0.1, -0.05) is 24.3 Å². The minimum atomic E-state index is -4.44. The fraction of sp³-hybridized carbons (Fsp3) is 0.174. The highest BCUT2D eigenvalue weighted by molar-refractivity contribution is 7.12. The molecule has 2 heterocycles. The van der Waals surface area contributed by atoms with Crippen LogP contribution >= 0.6 is 11.3 Å². The molecule has 10 heteroatoms. The number of benzene rings is 2. The van der Waals surface area contributed by atoms with Gasteiger partial charge in [0.1, 0.15) is 0 Å². The summed E-state index contributed by atoms with van der Waals surface area (Å²) in [6, 6.07) is 15.2. The summed E-state index contributed by atoms with van der Waals surface area (Å²) in [5.41, 5.74) is 0.766. The molecule has 0 saturated carbocycles. The molecule has 0 aliphatic heterocycles. The standard InChI is InChI=1S/C23H19F3N4O2S/c1-14(2)32-22-28-20(15-8-10-16(11-9-15)23(24,25)26)30(29-22)18-6-3-5-17(13-18)27-21(31)19-7-4-12-33-19/h3-14H,1-2H3,(H,27,31). The minimum Gasteiger partial charge on any atom is -0.460 e. The summed E-state index contributed by atoms with van der Waals surface area (Å²) < 4.78 is 46.0. The number of halogens is 3. The van der Waals surface area contributed by atoms with E-state index in [1.165, 1.54) is 28.2 Å². The molecular formula is C23H19F3N4O2S. The van der Waals surface area contributed by atoms with Crippen LogP contribution < -0.4 is 10.1 Å². The Bertz CT molecular complexity index is 1250. The van der Waals surface area contributed by atoms with E-state index >= 15 is 0 Å². The number of hydrogen-bond donors (Lipinski definition) is 1. The van der Waals surface area contributed by atoms with Gasteiger partial charge in [-0.25, -0.2) is 4.68 Å². The molecule has 6 nitrogen and oxygen atoms in total. The Morgan fingerprint density at radius 3 is 2.48 bits per heavy atom. The van der Waals surface area contributed by atoms with Crippen molar-refractivity contribution in [3.8, 4) is 23.1 Å². The van der Waals surface area contributed by atoms with Crippen molar-refractivity contribution >= 4 is 22.9 Å². The Morgan fingerprint density at radius 2 is 1.85 bits per heavy atom. The number of amides is 1. The number of nitrogens with zero attached hydrogens (tertiary/aromatic N) is 3. The van der Waals surface area contributed by atoms with Crippen molar-refractivity contribution < 1.29 is 22.7 Å². The lowest BCUT2D eigenvalue weighted by Gasteiger charge is -2.10. The average Bonchev–Trinajstić information content (AvgIpc) is 3.43. The van der Waals surface area contributed by atoms with Crippen LogP contribution in [0.25, 0.3) is 17.1 Å². The van der Waals surface area contributed by atoms with Gasteiger partial charge in [-0.2, -0.15) is 18.2 Å². The van der Waals surface area contributed by atoms with Gasteiger partial charge in [0.2, 0.25) is 0 Å². The van der Waals surface area contributed by atoms with Gasteiger partial charge in [0, 0.05) is 11.3 Å². The third-order valence-corrected chi connectivity index (χ3v) is 5.36. The zero-order valence-electron chi connectivity index (χ0n) is 17.6. The molecular weight excluding hydrogens is 453 g/mol. The lowest BCUT2D eigenvalue weighted by Crippen LogP contribution is -2.10. The second-order valence-corrected chi connectivity index (χ2v) is 8.30. The van der Waals surface area contributed by atoms with Crippen LogP contribution in [0.5, 0.6) is 6.01 Å². The second kappa shape index (κ2) is 9.07. The molecule has 4 rings (SSSR count). The van der Waals surface area contributed by atoms with Crippen molar-refractivity contribution in [2.45, 2.75) is 26.1 Å². The summed E-state index contributed by atoms with van der Waals surface area (Å²) in [7, 11) is 0. The summed E-state index contributed by atoms with van der Waals surface area (Å²) >= 11 is 1.33. The Hall–Kier alpha value is -3.66. The summed E-state index contributed by atoms with van der Waals surface area (Å²) in [6.07, 6.45) is -4.63. The maximum Gasteiger partial charge on any atom is 0.416 e. The first-order chi connectivity index (χ1) is 15.7. The number of hydrogen-bond acceptors (Lipinski definition) is 5. The van der Waals surface area contributed by atoms with Crippen molar-refractivity contribution in [2.24, 2.45) is 0 Å². The quantitative estimate of drug-likeness (QED) is 0.371. The molecule has 2 aromatic carbocycles. The van der Waals surface area contributed by atoms with Crippen LogP contribution in [-0.2, 0) is 6.18 Å². The number of rotatable bonds is 6. The van der Waals surface area contributed by atoms with E-state index in [0.29, 0.717) is 27.6 Å². The maximum absolute atomic E-state index is 13.0. The number of ether oxygens (including phenoxy) is 1. The predicted molar refractivity (Wildman–Crippen MR) is 120 cm³/mol. The van der Waals surface area contributed by atoms with Gasteiger partial charge in [0.05, 0.1) is 22.2 Å². The molecule has 0 saturated heterocycles. The van der Waals surface area contributed by atoms with Crippen LogP contribution in [0.2, 0.25) is 0 Å². The van der Waals surface area contributed by atoms with Crippen LogP contribution in [0, 0.1) is 0 Å². The molecule has 170 valence electrons. The zero-order valence-corrected chi connectivity index (χ0v) is 18.4. The Labute approximate surface area is 191 Å². The third kappa shape index (κ3) is 5.23. The SMILES string of the molecule is CC(C)Oc1nc(-c2ccc(C(F)(F)F)cc2)n(-c2cccc(NC(=O)c3cccs3)c2)n1. The molecule has 0 spiro atoms. The molecule has 33 heavy (non-hydrogen) atoms. The van der Waals surface area contributed by atoms with Crippen LogP contribution in [0.1, 0.15) is 29.1 Å². The molecule has 0 atom stereocenters. The van der Waals surface area contributed by atoms with E-state index < -0.39 is 11.7 Å². The molecule has 1 N–H and O–H groups in total. The molecule has 4 aromatic rings. The highest BCUT2D eigenvalue weighted by atomic mass is 32.1. The van der Waals surface area contributed by atoms with E-state index in [2.05, 4.69) is 15.4 Å². The second-order valence-electron chi connectivity index (χ2n) is 7.35. The van der Waals surface area contributed by atoms with Crippen molar-refractivity contribution in [3.05, 3.63) is 76.5 Å². The fourth-order valence-electron chi connectivity index (χ4n) is 3.04. The van der Waals surface area contributed by atoms with Crippen molar-refractivity contribution in [1.29, 1.82) is 0 Å². The van der Waals surface area contributed by atoms with Gasteiger partial charge in [-0.05, 0) is 55.6 Å². The van der Waals surface area contributed by atoms with Gasteiger partial charge in [-0.3, -0.25) is 4.79 Å². The van der Waals surface area contributed by atoms with Crippen LogP contribution in [-0.4, -0.2) is 26.8 Å². The van der Waals surface area contributed by atoms with Crippen molar-refractivity contribution in [1.82, 2.24) is 14.8 Å². The molecule has 1 amide bonds. The topological polar surface area (TPSA) is 69.0 Å². The Kier molecular flexibility index (Phi) is 6.19. The van der Waals surface area contributed by atoms with Crippen LogP contribution in [0.15, 0.2) is 66.0 Å². The van der Waals surface area contributed by atoms with E-state index in [4.69, 9.17) is 4.74 Å². The van der Waals surface area contributed by atoms with E-state index in [1.807, 2.05) is 19.2 Å². The predicted octanol–water partition coefficient (Wildman–Crippen LogP) is 6.05. The first-order valence-electron chi connectivity index (χ1n) is 9.97. The van der Waals surface area contributed by atoms with Gasteiger partial charge in [0.25, 0.3) is 5.91 Å². The number of alkyl halides is 3. The maximum atomic E-state index is 13.0. The number of nitrogens with one attached hydrogen (secondary N) is 1. The van der Waals surface area contributed by atoms with E-state index in [-0.39, 0.29) is 18.0 Å². The average molecular weight is 472 g/mol. The van der Waals surface area contributed by atoms with Crippen molar-refractivity contribution in [2.75, 3.05) is 5.32 Å². The smallest absolute Gasteiger partial charge is 0.416 e. The number of thiophene rings is 1. The van der Waals surface area contributed by atoms with E-state index in [9.17, 15) is 18.0 Å². The molecule has 2 aromatic heterocycles. The van der Waals surface area contributed by atoms with Crippen LogP contribution in [0.3, 0.4) is 0 Å². The van der Waals surface area contributed by atoms with Crippen LogP contribution in [0.4, 0.5) is 18.9 Å².